The fourth-order valence-corrected chi connectivity index (χ4v) is 24.4. The van der Waals surface area contributed by atoms with Gasteiger partial charge in [0.2, 0.25) is 0 Å². The molecule has 0 aliphatic carbocycles. The summed E-state index contributed by atoms with van der Waals surface area (Å²) >= 11 is 0. The molecule has 4 heterocycles. The zero-order valence-corrected chi connectivity index (χ0v) is 80.9. The molecule has 0 bridgehead atoms. The van der Waals surface area contributed by atoms with Crippen LogP contribution >= 0.6 is 0 Å². The predicted octanol–water partition coefficient (Wildman–Crippen LogP) is 39.6. The number of hydrogen-bond donors (Lipinski definition) is 0. The third-order valence-corrected chi connectivity index (χ3v) is 31.1. The minimum absolute atomic E-state index is 1.18. The Labute approximate surface area is 853 Å². The van der Waals surface area contributed by atoms with E-state index in [2.05, 4.69) is 576 Å². The summed E-state index contributed by atoms with van der Waals surface area (Å²) in [5, 5.41) is 41.7. The van der Waals surface area contributed by atoms with Crippen LogP contribution in [0.1, 0.15) is 0 Å². The smallest absolute Gasteiger partial charge is 0.0541 e. The Hall–Kier alpha value is -19.5. The summed E-state index contributed by atoms with van der Waals surface area (Å²) in [6, 6.07) is 203. The Kier molecular flexibility index (Phi) is 20.3. The molecule has 0 fully saturated rings. The Morgan fingerprint density at radius 2 is 0.176 bits per heavy atom. The second-order valence-corrected chi connectivity index (χ2v) is 39.1. The maximum Gasteiger partial charge on any atom is 0.0541 e. The van der Waals surface area contributed by atoms with Gasteiger partial charge in [0.15, 0.2) is 0 Å². The monoisotopic (exact) mass is 1880 g/mol. The molecule has 0 N–H and O–H groups in total. The topological polar surface area (TPSA) is 19.7 Å². The van der Waals surface area contributed by atoms with Crippen LogP contribution in [-0.4, -0.2) is 18.3 Å². The van der Waals surface area contributed by atoms with E-state index >= 15 is 0 Å². The molecule has 688 valence electrons. The van der Waals surface area contributed by atoms with Gasteiger partial charge in [0.25, 0.3) is 0 Å². The number of benzene rings is 28. The maximum absolute atomic E-state index is 2.37. The summed E-state index contributed by atoms with van der Waals surface area (Å²) < 4.78 is 9.48. The molecule has 32 rings (SSSR count). The van der Waals surface area contributed by atoms with E-state index in [4.69, 9.17) is 0 Å². The minimum atomic E-state index is 1.18. The molecular formula is C144H92N4. The van der Waals surface area contributed by atoms with Crippen molar-refractivity contribution in [1.29, 1.82) is 0 Å². The van der Waals surface area contributed by atoms with Gasteiger partial charge in [-0.25, -0.2) is 0 Å². The standard InChI is InChI=1S/4C36H23N/c4*1-2-11-29-27(9-1)28-10-3-4-12-30(28)34-23-25(19-22-31(29)34)24-17-20-26(21-18-24)37-35-15-7-5-13-32(35)33-14-6-8-16-36(33)37/h4*1-23H. The maximum atomic E-state index is 2.37. The summed E-state index contributed by atoms with van der Waals surface area (Å²) in [7, 11) is 0. The van der Waals surface area contributed by atoms with Crippen molar-refractivity contribution in [3.63, 3.8) is 0 Å². The van der Waals surface area contributed by atoms with Gasteiger partial charge in [0.05, 0.1) is 44.1 Å². The number of aromatic nitrogens is 4. The van der Waals surface area contributed by atoms with Crippen LogP contribution in [0.25, 0.3) is 284 Å². The predicted molar refractivity (Wildman–Crippen MR) is 635 cm³/mol. The van der Waals surface area contributed by atoms with Gasteiger partial charge in [0.1, 0.15) is 0 Å². The van der Waals surface area contributed by atoms with Gasteiger partial charge in [0, 0.05) is 65.8 Å². The van der Waals surface area contributed by atoms with Gasteiger partial charge in [-0.05, 0) is 295 Å². The average Bonchev–Trinajstić information content (AvgIpc) is 1.22. The Bertz CT molecular complexity index is 9400. The summed E-state index contributed by atoms with van der Waals surface area (Å²) in [6.45, 7) is 0. The number of nitrogens with zero attached hydrogens (tertiary/aromatic N) is 4. The second kappa shape index (κ2) is 35.3. The van der Waals surface area contributed by atoms with Crippen LogP contribution < -0.4 is 0 Å². The first-order valence-corrected chi connectivity index (χ1v) is 51.2. The first-order chi connectivity index (χ1) is 73.5. The van der Waals surface area contributed by atoms with Crippen LogP contribution in [0.4, 0.5) is 0 Å². The fourth-order valence-electron chi connectivity index (χ4n) is 24.4. The van der Waals surface area contributed by atoms with Gasteiger partial charge in [-0.15, -0.1) is 0 Å². The van der Waals surface area contributed by atoms with Gasteiger partial charge in [-0.2, -0.15) is 0 Å². The molecule has 0 amide bonds. The first kappa shape index (κ1) is 85.3. The lowest BCUT2D eigenvalue weighted by atomic mass is 9.92. The normalized spacial score (nSPS) is 11.8. The lowest BCUT2D eigenvalue weighted by molar-refractivity contribution is 1.18. The minimum Gasteiger partial charge on any atom is -0.309 e. The van der Waals surface area contributed by atoms with Crippen molar-refractivity contribution in [2.24, 2.45) is 0 Å². The summed E-state index contributed by atoms with van der Waals surface area (Å²) in [4.78, 5) is 0. The molecule has 28 aromatic carbocycles. The van der Waals surface area contributed by atoms with Crippen LogP contribution in [0.15, 0.2) is 558 Å². The molecule has 4 aromatic heterocycles. The third kappa shape index (κ3) is 14.1. The lowest BCUT2D eigenvalue weighted by Crippen LogP contribution is -1.93. The van der Waals surface area contributed by atoms with Crippen molar-refractivity contribution in [1.82, 2.24) is 18.3 Å². The molecule has 0 unspecified atom stereocenters. The summed E-state index contributed by atoms with van der Waals surface area (Å²) in [6.07, 6.45) is 0. The number of rotatable bonds is 8. The quantitative estimate of drug-likeness (QED) is 0.135. The molecule has 0 aliphatic heterocycles. The number of para-hydroxylation sites is 8. The summed E-state index contributed by atoms with van der Waals surface area (Å²) in [5.41, 5.74) is 24.5. The second-order valence-electron chi connectivity index (χ2n) is 39.1. The van der Waals surface area contributed by atoms with E-state index in [9.17, 15) is 0 Å². The number of hydrogen-bond acceptors (Lipinski definition) is 0. The van der Waals surface area contributed by atoms with Gasteiger partial charge in [-0.1, -0.05) is 437 Å². The highest BCUT2D eigenvalue weighted by Crippen LogP contribution is 2.47. The van der Waals surface area contributed by atoms with Gasteiger partial charge in [-0.3, -0.25) is 0 Å². The fraction of sp³-hybridized carbons (Fsp3) is 0. The molecule has 0 radical (unpaired) electrons. The first-order valence-electron chi connectivity index (χ1n) is 51.2. The van der Waals surface area contributed by atoms with Crippen LogP contribution in [0.5, 0.6) is 0 Å². The van der Waals surface area contributed by atoms with Crippen LogP contribution in [0, 0.1) is 0 Å². The third-order valence-electron chi connectivity index (χ3n) is 31.1. The molecule has 32 aromatic rings. The Balaban J connectivity index is 0.0000000930. The van der Waals surface area contributed by atoms with E-state index in [0.29, 0.717) is 0 Å². The van der Waals surface area contributed by atoms with E-state index in [1.165, 1.54) is 284 Å². The van der Waals surface area contributed by atoms with E-state index in [-0.39, 0.29) is 0 Å². The van der Waals surface area contributed by atoms with E-state index < -0.39 is 0 Å². The Morgan fingerprint density at radius 3 is 0.311 bits per heavy atom. The van der Waals surface area contributed by atoms with Gasteiger partial charge >= 0.3 is 0 Å². The van der Waals surface area contributed by atoms with Crippen molar-refractivity contribution in [2.45, 2.75) is 0 Å². The van der Waals surface area contributed by atoms with Crippen LogP contribution in [0.3, 0.4) is 0 Å². The molecule has 4 nitrogen and oxygen atoms in total. The average molecular weight is 1880 g/mol. The molecule has 0 saturated heterocycles. The SMILES string of the molecule is c1ccc2c(c1)c1ccccc1c1cc(-c3ccc(-n4c5ccccc5c5ccccc54)cc3)ccc21.c1ccc2c(c1)c1ccccc1c1cc(-c3ccc(-n4c5ccccc5c5ccccc54)cc3)ccc21.c1ccc2c(c1)c1ccccc1c1cc(-c3ccc(-n4c5ccccc5c5ccccc54)cc3)ccc21.c1ccc2c(c1)c1ccccc1c1cc(-c3ccc(-n4c5ccccc5c5ccccc54)cc3)ccc21. The lowest BCUT2D eigenvalue weighted by Gasteiger charge is -2.13. The summed E-state index contributed by atoms with van der Waals surface area (Å²) in [5.74, 6) is 0. The van der Waals surface area contributed by atoms with Crippen molar-refractivity contribution in [3.05, 3.63) is 558 Å². The number of fused-ring (bicyclic) bond motifs is 36. The molecule has 4 heteroatoms. The van der Waals surface area contributed by atoms with Crippen molar-refractivity contribution >= 4 is 216 Å². The largest absolute Gasteiger partial charge is 0.309 e. The van der Waals surface area contributed by atoms with Crippen LogP contribution in [0.2, 0.25) is 0 Å². The molecule has 0 spiro atoms. The molecule has 0 aliphatic rings. The zero-order chi connectivity index (χ0) is 97.4. The van der Waals surface area contributed by atoms with E-state index in [1.807, 2.05) is 0 Å². The highest BCUT2D eigenvalue weighted by Gasteiger charge is 2.22. The van der Waals surface area contributed by atoms with Crippen LogP contribution in [-0.2, 0) is 0 Å². The molecule has 0 atom stereocenters. The van der Waals surface area contributed by atoms with Crippen molar-refractivity contribution < 1.29 is 0 Å². The molecule has 148 heavy (non-hydrogen) atoms. The van der Waals surface area contributed by atoms with Crippen molar-refractivity contribution in [3.8, 4) is 67.3 Å². The van der Waals surface area contributed by atoms with E-state index in [1.54, 1.807) is 0 Å². The Morgan fingerprint density at radius 1 is 0.0743 bits per heavy atom. The molecular weight excluding hydrogens is 1790 g/mol. The zero-order valence-electron chi connectivity index (χ0n) is 80.9. The van der Waals surface area contributed by atoms with Crippen molar-refractivity contribution in [2.75, 3.05) is 0 Å². The molecule has 0 saturated carbocycles. The van der Waals surface area contributed by atoms with E-state index in [0.717, 1.165) is 0 Å². The highest BCUT2D eigenvalue weighted by atomic mass is 15.0. The highest BCUT2D eigenvalue weighted by molar-refractivity contribution is 6.30. The van der Waals surface area contributed by atoms with Gasteiger partial charge < -0.3 is 18.3 Å².